The van der Waals surface area contributed by atoms with Gasteiger partial charge < -0.3 is 4.90 Å². The van der Waals surface area contributed by atoms with Gasteiger partial charge in [-0.1, -0.05) is 6.07 Å². The van der Waals surface area contributed by atoms with Crippen LogP contribution in [0, 0.1) is 5.92 Å². The average molecular weight is 273 g/mol. The molecule has 0 saturated carbocycles. The standard InChI is InChI=1S/C16H23N3O/c20-16(19-9-1-2-10-19)15-6-4-8-18(13-15)12-14-5-3-7-17-11-14/h3,5,7,11,15H,1-2,4,6,8-10,12-13H2/t15-/m0/s1. The monoisotopic (exact) mass is 273 g/mol. The van der Waals surface area contributed by atoms with Crippen LogP contribution in [0.25, 0.3) is 0 Å². The van der Waals surface area contributed by atoms with Crippen LogP contribution in [0.3, 0.4) is 0 Å². The molecule has 0 N–H and O–H groups in total. The van der Waals surface area contributed by atoms with Crippen molar-refractivity contribution in [2.45, 2.75) is 32.2 Å². The Balaban J connectivity index is 1.57. The van der Waals surface area contributed by atoms with Crippen LogP contribution in [0.15, 0.2) is 24.5 Å². The lowest BCUT2D eigenvalue weighted by atomic mass is 9.96. The minimum absolute atomic E-state index is 0.207. The molecule has 0 aliphatic carbocycles. The highest BCUT2D eigenvalue weighted by Gasteiger charge is 2.30. The molecule has 3 rings (SSSR count). The quantitative estimate of drug-likeness (QED) is 0.844. The molecule has 1 aromatic heterocycles. The van der Waals surface area contributed by atoms with Gasteiger partial charge in [-0.25, -0.2) is 0 Å². The summed E-state index contributed by atoms with van der Waals surface area (Å²) in [5.74, 6) is 0.594. The summed E-state index contributed by atoms with van der Waals surface area (Å²) >= 11 is 0. The Kier molecular flexibility index (Phi) is 4.31. The molecule has 0 radical (unpaired) electrons. The van der Waals surface area contributed by atoms with Crippen LogP contribution < -0.4 is 0 Å². The number of hydrogen-bond acceptors (Lipinski definition) is 3. The van der Waals surface area contributed by atoms with E-state index in [4.69, 9.17) is 0 Å². The zero-order valence-corrected chi connectivity index (χ0v) is 12.0. The van der Waals surface area contributed by atoms with Crippen LogP contribution in [0.4, 0.5) is 0 Å². The van der Waals surface area contributed by atoms with Crippen molar-refractivity contribution in [1.82, 2.24) is 14.8 Å². The number of amides is 1. The molecule has 4 nitrogen and oxygen atoms in total. The smallest absolute Gasteiger partial charge is 0.226 e. The molecule has 2 fully saturated rings. The van der Waals surface area contributed by atoms with Gasteiger partial charge in [0.1, 0.15) is 0 Å². The van der Waals surface area contributed by atoms with Crippen LogP contribution >= 0.6 is 0 Å². The summed E-state index contributed by atoms with van der Waals surface area (Å²) in [5.41, 5.74) is 1.24. The summed E-state index contributed by atoms with van der Waals surface area (Å²) in [6.45, 7) is 4.86. The normalized spacial score (nSPS) is 24.0. The molecule has 0 unspecified atom stereocenters. The largest absolute Gasteiger partial charge is 0.342 e. The number of aromatic nitrogens is 1. The molecule has 0 spiro atoms. The van der Waals surface area contributed by atoms with E-state index < -0.39 is 0 Å². The molecule has 1 aromatic rings. The maximum absolute atomic E-state index is 12.5. The molecule has 2 aliphatic rings. The van der Waals surface area contributed by atoms with Gasteiger partial charge in [0.2, 0.25) is 5.91 Å². The number of nitrogens with zero attached hydrogens (tertiary/aromatic N) is 3. The number of carbonyl (C=O) groups is 1. The molecule has 108 valence electrons. The highest BCUT2D eigenvalue weighted by molar-refractivity contribution is 5.79. The topological polar surface area (TPSA) is 36.4 Å². The first-order valence-corrected chi connectivity index (χ1v) is 7.73. The Hall–Kier alpha value is -1.42. The van der Waals surface area contributed by atoms with E-state index in [9.17, 15) is 4.79 Å². The van der Waals surface area contributed by atoms with Gasteiger partial charge in [0.25, 0.3) is 0 Å². The molecule has 0 aromatic carbocycles. The summed E-state index contributed by atoms with van der Waals surface area (Å²) in [7, 11) is 0. The molecule has 0 bridgehead atoms. The van der Waals surface area contributed by atoms with Crippen molar-refractivity contribution in [3.8, 4) is 0 Å². The van der Waals surface area contributed by atoms with E-state index in [0.717, 1.165) is 45.6 Å². The summed E-state index contributed by atoms with van der Waals surface area (Å²) < 4.78 is 0. The van der Waals surface area contributed by atoms with Crippen LogP contribution in [0.5, 0.6) is 0 Å². The van der Waals surface area contributed by atoms with E-state index >= 15 is 0 Å². The van der Waals surface area contributed by atoms with Crippen molar-refractivity contribution in [1.29, 1.82) is 0 Å². The zero-order valence-electron chi connectivity index (χ0n) is 12.0. The van der Waals surface area contributed by atoms with Crippen molar-refractivity contribution >= 4 is 5.91 Å². The molecular formula is C16H23N3O. The van der Waals surface area contributed by atoms with Crippen molar-refractivity contribution in [3.05, 3.63) is 30.1 Å². The fraction of sp³-hybridized carbons (Fsp3) is 0.625. The molecule has 2 aliphatic heterocycles. The Bertz CT molecular complexity index is 442. The third-order valence-corrected chi connectivity index (χ3v) is 4.40. The van der Waals surface area contributed by atoms with E-state index in [1.54, 1.807) is 6.20 Å². The highest BCUT2D eigenvalue weighted by Crippen LogP contribution is 2.22. The zero-order chi connectivity index (χ0) is 13.8. The second kappa shape index (κ2) is 6.35. The number of pyridine rings is 1. The number of rotatable bonds is 3. The lowest BCUT2D eigenvalue weighted by Crippen LogP contribution is -2.43. The molecule has 1 atom stereocenters. The maximum Gasteiger partial charge on any atom is 0.226 e. The van der Waals surface area contributed by atoms with Gasteiger partial charge in [-0.3, -0.25) is 14.7 Å². The first-order valence-electron chi connectivity index (χ1n) is 7.73. The fourth-order valence-electron chi connectivity index (χ4n) is 3.35. The van der Waals surface area contributed by atoms with E-state index in [2.05, 4.69) is 20.9 Å². The van der Waals surface area contributed by atoms with Gasteiger partial charge in [0.05, 0.1) is 5.92 Å². The van der Waals surface area contributed by atoms with Crippen LogP contribution in [0.2, 0.25) is 0 Å². The minimum Gasteiger partial charge on any atom is -0.342 e. The Morgan fingerprint density at radius 3 is 2.85 bits per heavy atom. The molecule has 3 heterocycles. The van der Waals surface area contributed by atoms with Crippen molar-refractivity contribution in [3.63, 3.8) is 0 Å². The van der Waals surface area contributed by atoms with Gasteiger partial charge >= 0.3 is 0 Å². The summed E-state index contributed by atoms with van der Waals surface area (Å²) in [6.07, 6.45) is 8.27. The third-order valence-electron chi connectivity index (χ3n) is 4.40. The Morgan fingerprint density at radius 2 is 2.10 bits per heavy atom. The number of piperidine rings is 1. The molecule has 20 heavy (non-hydrogen) atoms. The van der Waals surface area contributed by atoms with Gasteiger partial charge in [-0.15, -0.1) is 0 Å². The van der Waals surface area contributed by atoms with Crippen LogP contribution in [-0.4, -0.2) is 46.9 Å². The number of likely N-dealkylation sites (tertiary alicyclic amines) is 2. The molecule has 1 amide bonds. The van der Waals surface area contributed by atoms with Crippen molar-refractivity contribution in [2.24, 2.45) is 5.92 Å². The van der Waals surface area contributed by atoms with Gasteiger partial charge in [-0.05, 0) is 43.9 Å². The molecule has 4 heteroatoms. The summed E-state index contributed by atoms with van der Waals surface area (Å²) in [6, 6.07) is 4.09. The van der Waals surface area contributed by atoms with Crippen molar-refractivity contribution < 1.29 is 4.79 Å². The first-order chi connectivity index (χ1) is 9.83. The van der Waals surface area contributed by atoms with E-state index in [-0.39, 0.29) is 5.92 Å². The fourth-order valence-corrected chi connectivity index (χ4v) is 3.35. The number of carbonyl (C=O) groups excluding carboxylic acids is 1. The first kappa shape index (κ1) is 13.6. The predicted molar refractivity (Wildman–Crippen MR) is 78.1 cm³/mol. The highest BCUT2D eigenvalue weighted by atomic mass is 16.2. The number of hydrogen-bond donors (Lipinski definition) is 0. The third kappa shape index (κ3) is 3.18. The maximum atomic E-state index is 12.5. The van der Waals surface area contributed by atoms with Crippen LogP contribution in [-0.2, 0) is 11.3 Å². The Morgan fingerprint density at radius 1 is 1.25 bits per heavy atom. The molecule has 2 saturated heterocycles. The van der Waals surface area contributed by atoms with Gasteiger partial charge in [0.15, 0.2) is 0 Å². The van der Waals surface area contributed by atoms with Gasteiger partial charge in [0, 0.05) is 38.6 Å². The lowest BCUT2D eigenvalue weighted by molar-refractivity contribution is -0.136. The minimum atomic E-state index is 0.207. The molecular weight excluding hydrogens is 250 g/mol. The van der Waals surface area contributed by atoms with E-state index in [1.807, 2.05) is 12.3 Å². The SMILES string of the molecule is O=C([C@H]1CCCN(Cc2cccnc2)C1)N1CCCC1. The average Bonchev–Trinajstić information content (AvgIpc) is 3.02. The van der Waals surface area contributed by atoms with E-state index in [0.29, 0.717) is 5.91 Å². The summed E-state index contributed by atoms with van der Waals surface area (Å²) in [4.78, 5) is 21.1. The van der Waals surface area contributed by atoms with Gasteiger partial charge in [-0.2, -0.15) is 0 Å². The Labute approximate surface area is 120 Å². The van der Waals surface area contributed by atoms with Crippen molar-refractivity contribution in [2.75, 3.05) is 26.2 Å². The second-order valence-electron chi connectivity index (χ2n) is 5.97. The van der Waals surface area contributed by atoms with Crippen LogP contribution in [0.1, 0.15) is 31.2 Å². The summed E-state index contributed by atoms with van der Waals surface area (Å²) in [5, 5.41) is 0. The lowest BCUT2D eigenvalue weighted by Gasteiger charge is -2.33. The predicted octanol–water partition coefficient (Wildman–Crippen LogP) is 1.92. The van der Waals surface area contributed by atoms with E-state index in [1.165, 1.54) is 18.4 Å². The second-order valence-corrected chi connectivity index (χ2v) is 5.97.